The monoisotopic (exact) mass is 621 g/mol. The zero-order valence-corrected chi connectivity index (χ0v) is 25.9. The van der Waals surface area contributed by atoms with Gasteiger partial charge in [-0.15, -0.1) is 0 Å². The Morgan fingerprint density at radius 1 is 0.955 bits per heavy atom. The van der Waals surface area contributed by atoms with Crippen LogP contribution in [0.5, 0.6) is 17.2 Å². The lowest BCUT2D eigenvalue weighted by Crippen LogP contribution is -2.53. The van der Waals surface area contributed by atoms with Crippen LogP contribution < -0.4 is 23.8 Å². The second kappa shape index (κ2) is 14.0. The Bertz CT molecular complexity index is 1560. The highest BCUT2D eigenvalue weighted by atomic mass is 32.2. The normalized spacial score (nSPS) is 15.3. The van der Waals surface area contributed by atoms with Gasteiger partial charge < -0.3 is 24.4 Å². The van der Waals surface area contributed by atoms with Crippen LogP contribution in [0.2, 0.25) is 0 Å². The van der Waals surface area contributed by atoms with E-state index < -0.39 is 28.5 Å². The first-order chi connectivity index (χ1) is 21.3. The molecule has 0 aromatic heterocycles. The third-order valence-electron chi connectivity index (χ3n) is 8.00. The van der Waals surface area contributed by atoms with Crippen molar-refractivity contribution < 1.29 is 32.2 Å². The van der Waals surface area contributed by atoms with Gasteiger partial charge in [0.2, 0.25) is 11.8 Å². The maximum absolute atomic E-state index is 14.3. The number of nitrogens with one attached hydrogen (secondary N) is 1. The van der Waals surface area contributed by atoms with Gasteiger partial charge in [0.1, 0.15) is 31.5 Å². The fourth-order valence-corrected chi connectivity index (χ4v) is 7.12. The number of anilines is 1. The average molecular weight is 622 g/mol. The minimum Gasteiger partial charge on any atom is -0.497 e. The third-order valence-corrected chi connectivity index (χ3v) is 9.79. The molecule has 11 heteroatoms. The first kappa shape index (κ1) is 31.2. The zero-order valence-electron chi connectivity index (χ0n) is 25.1. The third kappa shape index (κ3) is 7.10. The van der Waals surface area contributed by atoms with E-state index in [2.05, 4.69) is 5.32 Å². The number of amides is 2. The molecule has 2 amide bonds. The summed E-state index contributed by atoms with van der Waals surface area (Å²) in [6, 6.07) is 19.3. The lowest BCUT2D eigenvalue weighted by molar-refractivity contribution is -0.140. The minimum absolute atomic E-state index is 0.0352. The Labute approximate surface area is 259 Å². The minimum atomic E-state index is -4.20. The topological polar surface area (TPSA) is 114 Å². The fraction of sp³-hybridized carbons (Fsp3) is 0.394. The number of methoxy groups -OCH3 is 1. The molecule has 0 bridgehead atoms. The number of ether oxygens (including phenoxy) is 3. The molecule has 1 saturated carbocycles. The molecule has 0 saturated heterocycles. The molecule has 1 heterocycles. The van der Waals surface area contributed by atoms with Crippen molar-refractivity contribution in [2.24, 2.45) is 0 Å². The highest BCUT2D eigenvalue weighted by Gasteiger charge is 2.35. The van der Waals surface area contributed by atoms with Gasteiger partial charge in [-0.05, 0) is 61.2 Å². The Morgan fingerprint density at radius 2 is 1.68 bits per heavy atom. The summed E-state index contributed by atoms with van der Waals surface area (Å²) in [6.45, 7) is 2.12. The summed E-state index contributed by atoms with van der Waals surface area (Å²) in [6.07, 6.45) is 4.26. The smallest absolute Gasteiger partial charge is 0.264 e. The van der Waals surface area contributed by atoms with E-state index in [0.717, 1.165) is 35.6 Å². The predicted octanol–water partition coefficient (Wildman–Crippen LogP) is 4.53. The molecular formula is C33H39N3O7S. The van der Waals surface area contributed by atoms with Crippen molar-refractivity contribution >= 4 is 27.5 Å². The van der Waals surface area contributed by atoms with Crippen molar-refractivity contribution in [3.63, 3.8) is 0 Å². The predicted molar refractivity (Wildman–Crippen MR) is 166 cm³/mol. The maximum Gasteiger partial charge on any atom is 0.264 e. The van der Waals surface area contributed by atoms with E-state index in [0.29, 0.717) is 36.9 Å². The van der Waals surface area contributed by atoms with E-state index in [4.69, 9.17) is 14.2 Å². The summed E-state index contributed by atoms with van der Waals surface area (Å²) < 4.78 is 46.0. The average Bonchev–Trinajstić information content (AvgIpc) is 3.56. The number of sulfonamides is 1. The number of benzene rings is 3. The van der Waals surface area contributed by atoms with E-state index in [1.54, 1.807) is 55.6 Å². The lowest BCUT2D eigenvalue weighted by atomic mass is 10.1. The number of nitrogens with zero attached hydrogens (tertiary/aromatic N) is 2. The molecular weight excluding hydrogens is 582 g/mol. The van der Waals surface area contributed by atoms with Gasteiger partial charge >= 0.3 is 0 Å². The zero-order chi connectivity index (χ0) is 31.1. The van der Waals surface area contributed by atoms with Crippen molar-refractivity contribution in [2.45, 2.75) is 62.6 Å². The number of rotatable bonds is 12. The number of fused-ring (bicyclic) bond motifs is 1. The molecule has 1 fully saturated rings. The molecule has 5 rings (SSSR count). The lowest BCUT2D eigenvalue weighted by Gasteiger charge is -2.34. The van der Waals surface area contributed by atoms with Crippen LogP contribution in [-0.2, 0) is 26.2 Å². The van der Waals surface area contributed by atoms with Crippen LogP contribution in [-0.4, -0.2) is 64.1 Å². The quantitative estimate of drug-likeness (QED) is 0.316. The summed E-state index contributed by atoms with van der Waals surface area (Å²) in [5.74, 6) is 0.744. The first-order valence-electron chi connectivity index (χ1n) is 15.0. The molecule has 44 heavy (non-hydrogen) atoms. The molecule has 0 unspecified atom stereocenters. The standard InChI is InChI=1S/C33H39N3O7S/c1-3-29(33(38)34-25-11-7-8-12-25)35(22-24-10-9-13-27(20-24)41-2)32(37)23-36(44(39,40)28-14-5-4-6-15-28)26-16-17-30-31(21-26)43-19-18-42-30/h4-6,9-10,13-17,20-21,25,29H,3,7-8,11-12,18-19,22-23H2,1-2H3,(H,34,38)/t29-/m1/s1. The molecule has 0 radical (unpaired) electrons. The van der Waals surface area contributed by atoms with Crippen molar-refractivity contribution in [1.82, 2.24) is 10.2 Å². The van der Waals surface area contributed by atoms with E-state index in [1.807, 2.05) is 19.1 Å². The summed E-state index contributed by atoms with van der Waals surface area (Å²) in [7, 11) is -2.63. The second-order valence-electron chi connectivity index (χ2n) is 10.9. The van der Waals surface area contributed by atoms with Crippen LogP contribution in [0.3, 0.4) is 0 Å². The molecule has 2 aliphatic rings. The highest BCUT2D eigenvalue weighted by Crippen LogP contribution is 2.36. The number of hydrogen-bond acceptors (Lipinski definition) is 7. The molecule has 10 nitrogen and oxygen atoms in total. The summed E-state index contributed by atoms with van der Waals surface area (Å²) in [5, 5.41) is 3.13. The molecule has 0 spiro atoms. The van der Waals surface area contributed by atoms with E-state index in [-0.39, 0.29) is 29.1 Å². The summed E-state index contributed by atoms with van der Waals surface area (Å²) >= 11 is 0. The first-order valence-corrected chi connectivity index (χ1v) is 16.4. The summed E-state index contributed by atoms with van der Waals surface area (Å²) in [4.78, 5) is 29.5. The van der Waals surface area contributed by atoms with Crippen molar-refractivity contribution in [3.05, 3.63) is 78.4 Å². The van der Waals surface area contributed by atoms with E-state index in [1.165, 1.54) is 17.0 Å². The highest BCUT2D eigenvalue weighted by molar-refractivity contribution is 7.92. The van der Waals surface area contributed by atoms with Crippen LogP contribution in [0.4, 0.5) is 5.69 Å². The molecule has 1 N–H and O–H groups in total. The van der Waals surface area contributed by atoms with Crippen molar-refractivity contribution in [3.8, 4) is 17.2 Å². The molecule has 1 aliphatic heterocycles. The van der Waals surface area contributed by atoms with Gasteiger partial charge in [-0.2, -0.15) is 0 Å². The largest absolute Gasteiger partial charge is 0.497 e. The van der Waals surface area contributed by atoms with Gasteiger partial charge in [0, 0.05) is 18.7 Å². The Hall–Kier alpha value is -4.25. The molecule has 234 valence electrons. The van der Waals surface area contributed by atoms with Crippen molar-refractivity contribution in [2.75, 3.05) is 31.2 Å². The fourth-order valence-electron chi connectivity index (χ4n) is 5.69. The Morgan fingerprint density at radius 3 is 2.39 bits per heavy atom. The van der Waals surface area contributed by atoms with Gasteiger partial charge in [-0.3, -0.25) is 13.9 Å². The maximum atomic E-state index is 14.3. The van der Waals surface area contributed by atoms with Gasteiger partial charge in [0.15, 0.2) is 11.5 Å². The molecule has 1 atom stereocenters. The van der Waals surface area contributed by atoms with Crippen LogP contribution in [0.15, 0.2) is 77.7 Å². The van der Waals surface area contributed by atoms with Gasteiger partial charge in [-0.1, -0.05) is 50.1 Å². The molecule has 3 aromatic carbocycles. The van der Waals surface area contributed by atoms with Gasteiger partial charge in [0.05, 0.1) is 17.7 Å². The number of carbonyl (C=O) groups excluding carboxylic acids is 2. The summed E-state index contributed by atoms with van der Waals surface area (Å²) in [5.41, 5.74) is 0.998. The number of carbonyl (C=O) groups is 2. The van der Waals surface area contributed by atoms with Crippen LogP contribution in [0.1, 0.15) is 44.6 Å². The van der Waals surface area contributed by atoms with Crippen LogP contribution >= 0.6 is 0 Å². The van der Waals surface area contributed by atoms with Gasteiger partial charge in [-0.25, -0.2) is 8.42 Å². The second-order valence-corrected chi connectivity index (χ2v) is 12.8. The Balaban J connectivity index is 1.52. The molecule has 1 aliphatic carbocycles. The number of hydrogen-bond donors (Lipinski definition) is 1. The molecule has 3 aromatic rings. The van der Waals surface area contributed by atoms with E-state index in [9.17, 15) is 18.0 Å². The van der Waals surface area contributed by atoms with Crippen molar-refractivity contribution in [1.29, 1.82) is 0 Å². The van der Waals surface area contributed by atoms with Crippen LogP contribution in [0, 0.1) is 0 Å². The van der Waals surface area contributed by atoms with E-state index >= 15 is 0 Å². The van der Waals surface area contributed by atoms with Crippen LogP contribution in [0.25, 0.3) is 0 Å². The SMILES string of the molecule is CC[C@H](C(=O)NC1CCCC1)N(Cc1cccc(OC)c1)C(=O)CN(c1ccc2c(c1)OCCO2)S(=O)(=O)c1ccccc1. The van der Waals surface area contributed by atoms with Gasteiger partial charge in [0.25, 0.3) is 10.0 Å². The Kier molecular flexibility index (Phi) is 9.94.